The molecule has 1 amide bonds. The zero-order chi connectivity index (χ0) is 14.0. The second-order valence-electron chi connectivity index (χ2n) is 4.40. The monoisotopic (exact) mass is 276 g/mol. The molecule has 0 aliphatic rings. The van der Waals surface area contributed by atoms with Crippen molar-refractivity contribution in [1.82, 2.24) is 19.9 Å². The molecule has 2 heterocycles. The minimum Gasteiger partial charge on any atom is -0.331 e. The molecule has 0 fully saturated rings. The molecule has 1 atom stereocenters. The lowest BCUT2D eigenvalue weighted by molar-refractivity contribution is 0.0736. The fourth-order valence-electron chi connectivity index (χ4n) is 1.79. The Morgan fingerprint density at radius 2 is 2.11 bits per heavy atom. The molecule has 0 saturated carbocycles. The third kappa shape index (κ3) is 2.96. The Labute approximate surface area is 116 Å². The van der Waals surface area contributed by atoms with E-state index in [1.54, 1.807) is 42.5 Å². The normalized spacial score (nSPS) is 12.2. The van der Waals surface area contributed by atoms with Gasteiger partial charge in [-0.3, -0.25) is 4.79 Å². The number of hydrogen-bond donors (Lipinski definition) is 0. The quantitative estimate of drug-likeness (QED) is 0.863. The van der Waals surface area contributed by atoms with Crippen molar-refractivity contribution in [2.45, 2.75) is 26.8 Å². The van der Waals surface area contributed by atoms with E-state index in [4.69, 9.17) is 0 Å². The number of aromatic nitrogens is 3. The van der Waals surface area contributed by atoms with Crippen LogP contribution in [0, 0.1) is 13.8 Å². The molecule has 0 saturated heterocycles. The van der Waals surface area contributed by atoms with E-state index in [0.29, 0.717) is 11.5 Å². The van der Waals surface area contributed by atoms with E-state index >= 15 is 0 Å². The minimum absolute atomic E-state index is 0.0666. The van der Waals surface area contributed by atoms with Crippen molar-refractivity contribution in [3.8, 4) is 0 Å². The van der Waals surface area contributed by atoms with Gasteiger partial charge in [-0.05, 0) is 26.8 Å². The molecule has 5 nitrogen and oxygen atoms in total. The predicted molar refractivity (Wildman–Crippen MR) is 74.1 cm³/mol. The van der Waals surface area contributed by atoms with Crippen LogP contribution in [0.3, 0.4) is 0 Å². The summed E-state index contributed by atoms with van der Waals surface area (Å²) in [5.41, 5.74) is 1.22. The van der Waals surface area contributed by atoms with Gasteiger partial charge in [0.05, 0.1) is 6.04 Å². The highest BCUT2D eigenvalue weighted by Crippen LogP contribution is 2.22. The molecule has 2 aromatic rings. The Balaban J connectivity index is 2.23. The maximum atomic E-state index is 12.4. The first-order valence-electron chi connectivity index (χ1n) is 5.98. The van der Waals surface area contributed by atoms with Crippen LogP contribution in [0.25, 0.3) is 0 Å². The number of aryl methyl sites for hydroxylation is 2. The van der Waals surface area contributed by atoms with Gasteiger partial charge in [0.25, 0.3) is 5.91 Å². The molecule has 2 aromatic heterocycles. The summed E-state index contributed by atoms with van der Waals surface area (Å²) in [6.07, 6.45) is 1.74. The van der Waals surface area contributed by atoms with Crippen LogP contribution in [0.4, 0.5) is 0 Å². The van der Waals surface area contributed by atoms with Crippen LogP contribution in [-0.4, -0.2) is 32.8 Å². The Morgan fingerprint density at radius 3 is 2.68 bits per heavy atom. The van der Waals surface area contributed by atoms with E-state index in [2.05, 4.69) is 15.0 Å². The molecule has 0 bridgehead atoms. The van der Waals surface area contributed by atoms with Gasteiger partial charge < -0.3 is 4.90 Å². The Hall–Kier alpha value is -1.82. The summed E-state index contributed by atoms with van der Waals surface area (Å²) in [7, 11) is 1.77. The van der Waals surface area contributed by atoms with E-state index in [1.165, 1.54) is 0 Å². The third-order valence-corrected chi connectivity index (χ3v) is 3.84. The van der Waals surface area contributed by atoms with Crippen LogP contribution in [0.5, 0.6) is 0 Å². The summed E-state index contributed by atoms with van der Waals surface area (Å²) in [6, 6.07) is 1.64. The maximum Gasteiger partial charge on any atom is 0.272 e. The first-order valence-corrected chi connectivity index (χ1v) is 6.86. The van der Waals surface area contributed by atoms with Crippen molar-refractivity contribution >= 4 is 17.2 Å². The SMILES string of the molecule is Cc1cc(C(=O)N(C)C(C)c2nccs2)nc(C)n1. The third-order valence-electron chi connectivity index (χ3n) is 2.90. The number of amides is 1. The van der Waals surface area contributed by atoms with Crippen LogP contribution in [0.2, 0.25) is 0 Å². The summed E-state index contributed by atoms with van der Waals surface area (Å²) in [6.45, 7) is 5.60. The summed E-state index contributed by atoms with van der Waals surface area (Å²) < 4.78 is 0. The Kier molecular flexibility index (Phi) is 3.90. The molecule has 0 aromatic carbocycles. The number of thiazole rings is 1. The second kappa shape index (κ2) is 5.44. The van der Waals surface area contributed by atoms with Crippen LogP contribution in [0.15, 0.2) is 17.6 Å². The Morgan fingerprint density at radius 1 is 1.37 bits per heavy atom. The highest BCUT2D eigenvalue weighted by molar-refractivity contribution is 7.09. The van der Waals surface area contributed by atoms with Crippen molar-refractivity contribution in [3.05, 3.63) is 39.9 Å². The van der Waals surface area contributed by atoms with Crippen LogP contribution in [-0.2, 0) is 0 Å². The molecule has 0 aliphatic heterocycles. The minimum atomic E-state index is -0.115. The molecule has 1 unspecified atom stereocenters. The van der Waals surface area contributed by atoms with Crippen LogP contribution >= 0.6 is 11.3 Å². The number of hydrogen-bond acceptors (Lipinski definition) is 5. The smallest absolute Gasteiger partial charge is 0.272 e. The average molecular weight is 276 g/mol. The molecule has 100 valence electrons. The van der Waals surface area contributed by atoms with Gasteiger partial charge in [0.2, 0.25) is 0 Å². The molecule has 6 heteroatoms. The first-order chi connectivity index (χ1) is 8.99. The largest absolute Gasteiger partial charge is 0.331 e. The maximum absolute atomic E-state index is 12.4. The number of carbonyl (C=O) groups excluding carboxylic acids is 1. The average Bonchev–Trinajstić information content (AvgIpc) is 2.88. The van der Waals surface area contributed by atoms with Crippen molar-refractivity contribution in [2.75, 3.05) is 7.05 Å². The number of nitrogens with zero attached hydrogens (tertiary/aromatic N) is 4. The van der Waals surface area contributed by atoms with Gasteiger partial charge in [-0.1, -0.05) is 0 Å². The fraction of sp³-hybridized carbons (Fsp3) is 0.385. The summed E-state index contributed by atoms with van der Waals surface area (Å²) in [4.78, 5) is 26.7. The topological polar surface area (TPSA) is 59.0 Å². The standard InChI is InChI=1S/C13H16N4OS/c1-8-7-11(16-10(3)15-8)13(18)17(4)9(2)12-14-5-6-19-12/h5-7,9H,1-4H3. The zero-order valence-electron chi connectivity index (χ0n) is 11.4. The highest BCUT2D eigenvalue weighted by Gasteiger charge is 2.22. The molecular formula is C13H16N4OS. The molecule has 2 rings (SSSR count). The fourth-order valence-corrected chi connectivity index (χ4v) is 2.53. The van der Waals surface area contributed by atoms with Crippen molar-refractivity contribution in [2.24, 2.45) is 0 Å². The first kappa shape index (κ1) is 13.6. The predicted octanol–water partition coefficient (Wildman–Crippen LogP) is 2.38. The van der Waals surface area contributed by atoms with Gasteiger partial charge in [0.1, 0.15) is 16.5 Å². The van der Waals surface area contributed by atoms with Gasteiger partial charge >= 0.3 is 0 Å². The van der Waals surface area contributed by atoms with Gasteiger partial charge in [-0.25, -0.2) is 15.0 Å². The van der Waals surface area contributed by atoms with Gasteiger partial charge in [-0.2, -0.15) is 0 Å². The Bertz CT molecular complexity index is 562. The van der Waals surface area contributed by atoms with Gasteiger partial charge in [0, 0.05) is 24.3 Å². The van der Waals surface area contributed by atoms with E-state index in [1.807, 2.05) is 19.2 Å². The number of rotatable bonds is 3. The van der Waals surface area contributed by atoms with Crippen molar-refractivity contribution in [1.29, 1.82) is 0 Å². The van der Waals surface area contributed by atoms with Gasteiger partial charge in [0.15, 0.2) is 0 Å². The van der Waals surface area contributed by atoms with Gasteiger partial charge in [-0.15, -0.1) is 11.3 Å². The molecule has 19 heavy (non-hydrogen) atoms. The van der Waals surface area contributed by atoms with Crippen LogP contribution in [0.1, 0.15) is 40.0 Å². The van der Waals surface area contributed by atoms with E-state index in [9.17, 15) is 4.79 Å². The second-order valence-corrected chi connectivity index (χ2v) is 5.33. The summed E-state index contributed by atoms with van der Waals surface area (Å²) >= 11 is 1.54. The zero-order valence-corrected chi connectivity index (χ0v) is 12.2. The lowest BCUT2D eigenvalue weighted by atomic mass is 10.2. The number of carbonyl (C=O) groups is 1. The van der Waals surface area contributed by atoms with E-state index in [-0.39, 0.29) is 11.9 Å². The lowest BCUT2D eigenvalue weighted by Gasteiger charge is -2.23. The summed E-state index contributed by atoms with van der Waals surface area (Å²) in [5, 5.41) is 2.82. The highest BCUT2D eigenvalue weighted by atomic mass is 32.1. The van der Waals surface area contributed by atoms with Crippen LogP contribution < -0.4 is 0 Å². The lowest BCUT2D eigenvalue weighted by Crippen LogP contribution is -2.30. The van der Waals surface area contributed by atoms with E-state index in [0.717, 1.165) is 10.7 Å². The molecule has 0 aliphatic carbocycles. The molecule has 0 radical (unpaired) electrons. The van der Waals surface area contributed by atoms with Crippen molar-refractivity contribution < 1.29 is 4.79 Å². The van der Waals surface area contributed by atoms with Crippen molar-refractivity contribution in [3.63, 3.8) is 0 Å². The summed E-state index contributed by atoms with van der Waals surface area (Å²) in [5.74, 6) is 0.495. The molecule has 0 N–H and O–H groups in total. The van der Waals surface area contributed by atoms with E-state index < -0.39 is 0 Å². The molecular weight excluding hydrogens is 260 g/mol. The molecule has 0 spiro atoms.